The van der Waals surface area contributed by atoms with Crippen LogP contribution in [-0.2, 0) is 4.79 Å². The fourth-order valence-electron chi connectivity index (χ4n) is 1.47. The van der Waals surface area contributed by atoms with Gasteiger partial charge in [0.15, 0.2) is 0 Å². The summed E-state index contributed by atoms with van der Waals surface area (Å²) in [5.74, 6) is 0. The quantitative estimate of drug-likeness (QED) is 0.676. The van der Waals surface area contributed by atoms with Crippen LogP contribution in [0.2, 0.25) is 0 Å². The number of hydrogen-bond donors (Lipinski definition) is 1. The highest BCUT2D eigenvalue weighted by atomic mass is 35.5. The van der Waals surface area contributed by atoms with Gasteiger partial charge in [-0.1, -0.05) is 12.8 Å². The Kier molecular flexibility index (Phi) is 4.66. The van der Waals surface area contributed by atoms with E-state index in [0.29, 0.717) is 6.41 Å². The number of rotatable bonds is 2. The normalized spacial score (nSPS) is 16.7. The topological polar surface area (TPSA) is 57.6 Å². The smallest absolute Gasteiger partial charge is 0.414 e. The Hall–Kier alpha value is -0.770. The van der Waals surface area contributed by atoms with E-state index in [9.17, 15) is 9.59 Å². The minimum absolute atomic E-state index is 0. The van der Waals surface area contributed by atoms with Crippen LogP contribution >= 0.6 is 12.4 Å². The standard InChI is InChI=1S/C7H11NO3.ClH/c9-5-8(7(10)11)6-3-1-2-4-6;/h5-6H,1-4H2,(H,10,11);1H. The lowest BCUT2D eigenvalue weighted by Crippen LogP contribution is -2.36. The third kappa shape index (κ3) is 2.37. The lowest BCUT2D eigenvalue weighted by atomic mass is 10.2. The second kappa shape index (κ2) is 4.98. The van der Waals surface area contributed by atoms with Gasteiger partial charge in [0.25, 0.3) is 0 Å². The first kappa shape index (κ1) is 11.2. The van der Waals surface area contributed by atoms with Crippen molar-refractivity contribution in [1.29, 1.82) is 0 Å². The molecule has 0 aromatic heterocycles. The zero-order chi connectivity index (χ0) is 8.27. The van der Waals surface area contributed by atoms with Crippen molar-refractivity contribution in [1.82, 2.24) is 4.90 Å². The maximum atomic E-state index is 10.4. The minimum Gasteiger partial charge on any atom is -0.465 e. The number of hydrogen-bond acceptors (Lipinski definition) is 2. The first-order valence-electron chi connectivity index (χ1n) is 3.72. The van der Waals surface area contributed by atoms with Crippen molar-refractivity contribution in [3.63, 3.8) is 0 Å². The summed E-state index contributed by atoms with van der Waals surface area (Å²) in [7, 11) is 0. The molecule has 1 N–H and O–H groups in total. The molecule has 2 amide bonds. The Labute approximate surface area is 77.0 Å². The van der Waals surface area contributed by atoms with Crippen molar-refractivity contribution >= 4 is 24.9 Å². The highest BCUT2D eigenvalue weighted by molar-refractivity contribution is 5.85. The predicted octanol–water partition coefficient (Wildman–Crippen LogP) is 1.49. The van der Waals surface area contributed by atoms with Crippen molar-refractivity contribution in [2.45, 2.75) is 31.7 Å². The Morgan fingerprint density at radius 1 is 1.42 bits per heavy atom. The summed E-state index contributed by atoms with van der Waals surface area (Å²) in [6.45, 7) is 0. The van der Waals surface area contributed by atoms with Gasteiger partial charge in [-0.2, -0.15) is 0 Å². The molecule has 12 heavy (non-hydrogen) atoms. The first-order chi connectivity index (χ1) is 5.25. The number of imide groups is 1. The largest absolute Gasteiger partial charge is 0.465 e. The number of nitrogens with zero attached hydrogens (tertiary/aromatic N) is 1. The van der Waals surface area contributed by atoms with E-state index in [0.717, 1.165) is 30.6 Å². The Bertz CT molecular complexity index is 168. The van der Waals surface area contributed by atoms with Crippen molar-refractivity contribution < 1.29 is 14.7 Å². The molecule has 0 aromatic rings. The molecular weight excluding hydrogens is 182 g/mol. The van der Waals surface area contributed by atoms with Gasteiger partial charge < -0.3 is 5.11 Å². The van der Waals surface area contributed by atoms with Crippen molar-refractivity contribution in [2.75, 3.05) is 0 Å². The molecule has 0 saturated heterocycles. The molecule has 5 heteroatoms. The molecule has 1 aliphatic carbocycles. The van der Waals surface area contributed by atoms with Crippen LogP contribution < -0.4 is 0 Å². The maximum Gasteiger partial charge on any atom is 0.414 e. The van der Waals surface area contributed by atoms with Gasteiger partial charge in [-0.25, -0.2) is 9.69 Å². The summed E-state index contributed by atoms with van der Waals surface area (Å²) in [6, 6.07) is -0.0648. The number of amides is 2. The van der Waals surface area contributed by atoms with E-state index in [-0.39, 0.29) is 18.4 Å². The fraction of sp³-hybridized carbons (Fsp3) is 0.714. The summed E-state index contributed by atoms with van der Waals surface area (Å²) < 4.78 is 0. The van der Waals surface area contributed by atoms with E-state index in [1.54, 1.807) is 0 Å². The van der Waals surface area contributed by atoms with E-state index in [2.05, 4.69) is 0 Å². The van der Waals surface area contributed by atoms with Gasteiger partial charge >= 0.3 is 6.09 Å². The van der Waals surface area contributed by atoms with Gasteiger partial charge in [0.05, 0.1) is 0 Å². The zero-order valence-corrected chi connectivity index (χ0v) is 7.42. The molecule has 70 valence electrons. The second-order valence-corrected chi connectivity index (χ2v) is 2.73. The van der Waals surface area contributed by atoms with E-state index < -0.39 is 6.09 Å². The third-order valence-corrected chi connectivity index (χ3v) is 2.05. The van der Waals surface area contributed by atoms with Crippen LogP contribution in [-0.4, -0.2) is 28.6 Å². The van der Waals surface area contributed by atoms with Crippen LogP contribution in [0.15, 0.2) is 0 Å². The van der Waals surface area contributed by atoms with Crippen LogP contribution in [0, 0.1) is 0 Å². The highest BCUT2D eigenvalue weighted by Gasteiger charge is 2.25. The lowest BCUT2D eigenvalue weighted by molar-refractivity contribution is -0.118. The second-order valence-electron chi connectivity index (χ2n) is 2.73. The molecule has 1 aliphatic rings. The number of carbonyl (C=O) groups excluding carboxylic acids is 1. The van der Waals surface area contributed by atoms with Crippen LogP contribution in [0.25, 0.3) is 0 Å². The molecule has 0 unspecified atom stereocenters. The summed E-state index contributed by atoms with van der Waals surface area (Å²) >= 11 is 0. The third-order valence-electron chi connectivity index (χ3n) is 2.05. The first-order valence-corrected chi connectivity index (χ1v) is 3.72. The molecule has 4 nitrogen and oxygen atoms in total. The van der Waals surface area contributed by atoms with Crippen LogP contribution in [0.1, 0.15) is 25.7 Å². The van der Waals surface area contributed by atoms with Crippen LogP contribution in [0.3, 0.4) is 0 Å². The molecule has 0 spiro atoms. The molecule has 0 heterocycles. The molecule has 0 bridgehead atoms. The summed E-state index contributed by atoms with van der Waals surface area (Å²) in [6.07, 6.45) is 2.98. The van der Waals surface area contributed by atoms with Crippen LogP contribution in [0.4, 0.5) is 4.79 Å². The van der Waals surface area contributed by atoms with Gasteiger partial charge in [-0.3, -0.25) is 4.79 Å². The Morgan fingerprint density at radius 3 is 2.25 bits per heavy atom. The summed E-state index contributed by atoms with van der Waals surface area (Å²) in [5, 5.41) is 8.53. The average molecular weight is 194 g/mol. The van der Waals surface area contributed by atoms with Gasteiger partial charge in [0.1, 0.15) is 0 Å². The van der Waals surface area contributed by atoms with Crippen molar-refractivity contribution in [3.05, 3.63) is 0 Å². The minimum atomic E-state index is -1.13. The molecule has 0 aliphatic heterocycles. The maximum absolute atomic E-state index is 10.4. The highest BCUT2D eigenvalue weighted by Crippen LogP contribution is 2.22. The van der Waals surface area contributed by atoms with Crippen molar-refractivity contribution in [2.24, 2.45) is 0 Å². The van der Waals surface area contributed by atoms with E-state index in [1.807, 2.05) is 0 Å². The monoisotopic (exact) mass is 193 g/mol. The molecular formula is C7H12ClNO3. The van der Waals surface area contributed by atoms with Gasteiger partial charge in [-0.05, 0) is 12.8 Å². The van der Waals surface area contributed by atoms with Gasteiger partial charge in [0.2, 0.25) is 6.41 Å². The Balaban J connectivity index is 0.00000121. The number of carbonyl (C=O) groups is 2. The molecule has 0 aromatic carbocycles. The molecule has 1 saturated carbocycles. The fourth-order valence-corrected chi connectivity index (χ4v) is 1.47. The number of carboxylic acid groups (broad SMARTS) is 1. The summed E-state index contributed by atoms with van der Waals surface area (Å²) in [4.78, 5) is 21.6. The van der Waals surface area contributed by atoms with Gasteiger partial charge in [-0.15, -0.1) is 12.4 Å². The van der Waals surface area contributed by atoms with Gasteiger partial charge in [0, 0.05) is 6.04 Å². The SMILES string of the molecule is Cl.O=CN(C(=O)O)C1CCCC1. The Morgan fingerprint density at radius 2 is 1.92 bits per heavy atom. The van der Waals surface area contributed by atoms with Crippen molar-refractivity contribution in [3.8, 4) is 0 Å². The van der Waals surface area contributed by atoms with E-state index >= 15 is 0 Å². The lowest BCUT2D eigenvalue weighted by Gasteiger charge is -2.18. The molecule has 1 fully saturated rings. The molecule has 0 atom stereocenters. The molecule has 1 rings (SSSR count). The van der Waals surface area contributed by atoms with E-state index in [1.165, 1.54) is 0 Å². The molecule has 0 radical (unpaired) electrons. The average Bonchev–Trinajstić information content (AvgIpc) is 2.40. The van der Waals surface area contributed by atoms with Crippen LogP contribution in [0.5, 0.6) is 0 Å². The van der Waals surface area contributed by atoms with E-state index in [4.69, 9.17) is 5.11 Å². The zero-order valence-electron chi connectivity index (χ0n) is 6.60. The predicted molar refractivity (Wildman–Crippen MR) is 45.4 cm³/mol. The summed E-state index contributed by atoms with van der Waals surface area (Å²) in [5.41, 5.74) is 0. The number of halogens is 1.